The normalized spacial score (nSPS) is 12.5. The highest BCUT2D eigenvalue weighted by molar-refractivity contribution is 5.93. The Hall–Kier alpha value is -4.58. The van der Waals surface area contributed by atoms with Gasteiger partial charge in [-0.15, -0.1) is 0 Å². The highest BCUT2D eigenvalue weighted by atomic mass is 16.3. The highest BCUT2D eigenvalue weighted by Gasteiger charge is 2.28. The maximum atomic E-state index is 13.1. The third-order valence-corrected chi connectivity index (χ3v) is 10.2. The fourth-order valence-corrected chi connectivity index (χ4v) is 6.87. The lowest BCUT2D eigenvalue weighted by atomic mass is 9.78. The molecular formula is C48H64N2O4. The topological polar surface area (TPSA) is 98.7 Å². The van der Waals surface area contributed by atoms with E-state index in [-0.39, 0.29) is 33.5 Å². The van der Waals surface area contributed by atoms with E-state index >= 15 is 0 Å². The van der Waals surface area contributed by atoms with Gasteiger partial charge in [-0.2, -0.15) is 0 Å². The minimum atomic E-state index is -0.225. The number of aromatic hydroxyl groups is 2. The maximum absolute atomic E-state index is 13.1. The zero-order valence-electron chi connectivity index (χ0n) is 35.3. The van der Waals surface area contributed by atoms with E-state index in [2.05, 4.69) is 106 Å². The summed E-state index contributed by atoms with van der Waals surface area (Å²) in [6.07, 6.45) is 1.81. The molecule has 0 spiro atoms. The average molecular weight is 733 g/mol. The van der Waals surface area contributed by atoms with Crippen LogP contribution in [0.15, 0.2) is 60.7 Å². The molecule has 4 aromatic carbocycles. The first-order chi connectivity index (χ1) is 24.8. The standard InChI is InChI=1S/C48H64N2O4/c1-29-23-33(17-19-39(29)49-41(51)21-15-31-25-35(45(3,4)5)43(53)36(26-31)46(6,7)8)34-18-20-40(30(2)24-34)50-42(52)22-16-32-27-37(47(9,10)11)44(54)38(28-32)48(12,13)14/h17-20,23-28,53-54H,15-16,21-22H2,1-14H3,(H,49,51)(H,50,52). The predicted octanol–water partition coefficient (Wildman–Crippen LogP) is 11.7. The minimum Gasteiger partial charge on any atom is -0.507 e. The summed E-state index contributed by atoms with van der Waals surface area (Å²) in [7, 11) is 0. The Morgan fingerprint density at radius 1 is 0.481 bits per heavy atom. The Labute approximate surface area is 324 Å². The highest BCUT2D eigenvalue weighted by Crippen LogP contribution is 2.41. The number of aryl methyl sites for hydroxylation is 4. The van der Waals surface area contributed by atoms with Gasteiger partial charge in [-0.3, -0.25) is 9.59 Å². The first-order valence-electron chi connectivity index (χ1n) is 19.3. The van der Waals surface area contributed by atoms with Gasteiger partial charge in [0.25, 0.3) is 0 Å². The van der Waals surface area contributed by atoms with Gasteiger partial charge in [-0.25, -0.2) is 0 Å². The Bertz CT molecular complexity index is 1810. The number of phenols is 2. The Morgan fingerprint density at radius 3 is 1.00 bits per heavy atom. The van der Waals surface area contributed by atoms with Crippen LogP contribution in [0.3, 0.4) is 0 Å². The Morgan fingerprint density at radius 2 is 0.759 bits per heavy atom. The van der Waals surface area contributed by atoms with Crippen LogP contribution < -0.4 is 10.6 Å². The molecule has 4 N–H and O–H groups in total. The maximum Gasteiger partial charge on any atom is 0.224 e. The van der Waals surface area contributed by atoms with Gasteiger partial charge in [0, 0.05) is 24.2 Å². The van der Waals surface area contributed by atoms with E-state index in [1.165, 1.54) is 0 Å². The molecule has 0 bridgehead atoms. The van der Waals surface area contributed by atoms with Crippen LogP contribution in [-0.4, -0.2) is 22.0 Å². The van der Waals surface area contributed by atoms with Gasteiger partial charge >= 0.3 is 0 Å². The van der Waals surface area contributed by atoms with Gasteiger partial charge in [0.1, 0.15) is 11.5 Å². The number of phenolic OH excluding ortho intramolecular Hbond substituents is 2. The molecule has 6 nitrogen and oxygen atoms in total. The summed E-state index contributed by atoms with van der Waals surface area (Å²) in [5.74, 6) is 0.582. The lowest BCUT2D eigenvalue weighted by molar-refractivity contribution is -0.117. The smallest absolute Gasteiger partial charge is 0.224 e. The van der Waals surface area contributed by atoms with Crippen molar-refractivity contribution in [3.05, 3.63) is 105 Å². The number of nitrogens with one attached hydrogen (secondary N) is 2. The second kappa shape index (κ2) is 15.6. The van der Waals surface area contributed by atoms with Crippen molar-refractivity contribution in [1.82, 2.24) is 0 Å². The number of amides is 2. The van der Waals surface area contributed by atoms with Crippen molar-refractivity contribution < 1.29 is 19.8 Å². The van der Waals surface area contributed by atoms with E-state index in [1.54, 1.807) is 0 Å². The second-order valence-electron chi connectivity index (χ2n) is 19.2. The molecule has 0 aromatic heterocycles. The van der Waals surface area contributed by atoms with Crippen LogP contribution in [-0.2, 0) is 44.1 Å². The molecule has 0 atom stereocenters. The van der Waals surface area contributed by atoms with E-state index < -0.39 is 0 Å². The first-order valence-corrected chi connectivity index (χ1v) is 19.3. The van der Waals surface area contributed by atoms with Gasteiger partial charge in [0.15, 0.2) is 0 Å². The molecule has 6 heteroatoms. The van der Waals surface area contributed by atoms with Crippen LogP contribution in [0.2, 0.25) is 0 Å². The molecule has 0 unspecified atom stereocenters. The predicted molar refractivity (Wildman–Crippen MR) is 226 cm³/mol. The van der Waals surface area contributed by atoms with Crippen LogP contribution in [0.4, 0.5) is 11.4 Å². The SMILES string of the molecule is Cc1cc(-c2ccc(NC(=O)CCc3cc(C(C)(C)C)c(O)c(C(C)(C)C)c3)c(C)c2)ccc1NC(=O)CCc1cc(C(C)(C)C)c(O)c(C(C)(C)C)c1. The molecule has 0 aliphatic rings. The molecule has 0 radical (unpaired) electrons. The monoisotopic (exact) mass is 732 g/mol. The number of carbonyl (C=O) groups is 2. The third-order valence-electron chi connectivity index (χ3n) is 10.2. The molecule has 0 aliphatic carbocycles. The molecule has 0 saturated heterocycles. The first kappa shape index (κ1) is 42.2. The molecule has 4 rings (SSSR count). The molecule has 0 heterocycles. The van der Waals surface area contributed by atoms with Crippen molar-refractivity contribution in [2.24, 2.45) is 0 Å². The number of hydrogen-bond acceptors (Lipinski definition) is 4. The molecule has 0 saturated carbocycles. The van der Waals surface area contributed by atoms with Crippen molar-refractivity contribution in [3.63, 3.8) is 0 Å². The molecule has 0 fully saturated rings. The van der Waals surface area contributed by atoms with E-state index in [0.717, 1.165) is 67.0 Å². The summed E-state index contributed by atoms with van der Waals surface area (Å²) in [6, 6.07) is 20.2. The lowest BCUT2D eigenvalue weighted by Gasteiger charge is -2.28. The molecule has 54 heavy (non-hydrogen) atoms. The summed E-state index contributed by atoms with van der Waals surface area (Å²) in [6.45, 7) is 29.1. The Balaban J connectivity index is 1.40. The van der Waals surface area contributed by atoms with Gasteiger partial charge in [-0.1, -0.05) is 119 Å². The number of hydrogen-bond donors (Lipinski definition) is 4. The summed E-state index contributed by atoms with van der Waals surface area (Å²) < 4.78 is 0. The van der Waals surface area contributed by atoms with Gasteiger partial charge in [0.2, 0.25) is 11.8 Å². The second-order valence-corrected chi connectivity index (χ2v) is 19.2. The van der Waals surface area contributed by atoms with Gasteiger partial charge in [0.05, 0.1) is 0 Å². The third kappa shape index (κ3) is 10.3. The van der Waals surface area contributed by atoms with Crippen LogP contribution in [0.25, 0.3) is 11.1 Å². The largest absolute Gasteiger partial charge is 0.507 e. The van der Waals surface area contributed by atoms with Crippen molar-refractivity contribution >= 4 is 23.2 Å². The zero-order chi connectivity index (χ0) is 40.6. The van der Waals surface area contributed by atoms with E-state index in [1.807, 2.05) is 62.4 Å². The van der Waals surface area contributed by atoms with Crippen LogP contribution >= 0.6 is 0 Å². The average Bonchev–Trinajstić information content (AvgIpc) is 3.03. The van der Waals surface area contributed by atoms with Crippen molar-refractivity contribution in [2.75, 3.05) is 10.6 Å². The fraction of sp³-hybridized carbons (Fsp3) is 0.458. The summed E-state index contributed by atoms with van der Waals surface area (Å²) >= 11 is 0. The number of anilines is 2. The van der Waals surface area contributed by atoms with Gasteiger partial charge < -0.3 is 20.8 Å². The summed E-state index contributed by atoms with van der Waals surface area (Å²) in [5, 5.41) is 28.3. The molecule has 290 valence electrons. The number of rotatable bonds is 9. The molecular weight excluding hydrogens is 669 g/mol. The lowest BCUT2D eigenvalue weighted by Crippen LogP contribution is -2.18. The summed E-state index contributed by atoms with van der Waals surface area (Å²) in [5.41, 5.74) is 10.3. The fourth-order valence-electron chi connectivity index (χ4n) is 6.87. The Kier molecular flexibility index (Phi) is 12.2. The van der Waals surface area contributed by atoms with E-state index in [9.17, 15) is 19.8 Å². The zero-order valence-corrected chi connectivity index (χ0v) is 35.3. The van der Waals surface area contributed by atoms with Crippen LogP contribution in [0.5, 0.6) is 11.5 Å². The quantitative estimate of drug-likeness (QED) is 0.138. The molecule has 4 aromatic rings. The number of benzene rings is 4. The van der Waals surface area contributed by atoms with Crippen molar-refractivity contribution in [2.45, 2.75) is 144 Å². The van der Waals surface area contributed by atoms with E-state index in [4.69, 9.17) is 0 Å². The van der Waals surface area contributed by atoms with Gasteiger partial charge in [-0.05, 0) is 128 Å². The van der Waals surface area contributed by atoms with Crippen LogP contribution in [0, 0.1) is 13.8 Å². The molecule has 0 aliphatic heterocycles. The van der Waals surface area contributed by atoms with Crippen LogP contribution in [0.1, 0.15) is 140 Å². The summed E-state index contributed by atoms with van der Waals surface area (Å²) in [4.78, 5) is 26.3. The van der Waals surface area contributed by atoms with Crippen molar-refractivity contribution in [3.8, 4) is 22.6 Å². The van der Waals surface area contributed by atoms with E-state index in [0.29, 0.717) is 37.2 Å². The number of carbonyl (C=O) groups excluding carboxylic acids is 2. The van der Waals surface area contributed by atoms with Crippen molar-refractivity contribution in [1.29, 1.82) is 0 Å². The molecule has 2 amide bonds. The minimum absolute atomic E-state index is 0.0563.